The van der Waals surface area contributed by atoms with E-state index in [0.29, 0.717) is 5.92 Å². The van der Waals surface area contributed by atoms with Crippen molar-refractivity contribution in [2.45, 2.75) is 125 Å². The molecule has 0 unspecified atom stereocenters. The molecule has 0 radical (unpaired) electrons. The topological polar surface area (TPSA) is 6.48 Å². The fourth-order valence-electron chi connectivity index (χ4n) is 11.7. The standard InChI is InChI=1S/C77H78N2/c1-50(2)51-34-40-61(41-35-51)79(60-28-22-17-23-29-60)73-65-45-39-55(75(6,7)8)47-67(65)71(63-43-37-57(49-69(63)73)77(12,13)14)53-32-30-52(31-33-53)70-62-42-36-56(76(9,10)11)48-68(62)72(64-44-38-54(46-66(64)70)74(3,4)5)78(58-24-18-15-19-25-58)59-26-20-16-21-27-59/h15-50H,1-14H3. The van der Waals surface area contributed by atoms with Crippen LogP contribution in [-0.2, 0) is 21.7 Å². The lowest BCUT2D eigenvalue weighted by molar-refractivity contribution is 0.590. The molecular formula is C77H78N2. The molecule has 396 valence electrons. The molecule has 0 amide bonds. The minimum atomic E-state index is -0.0738. The fourth-order valence-corrected chi connectivity index (χ4v) is 11.7. The second-order valence-electron chi connectivity index (χ2n) is 26.5. The number of anilines is 6. The van der Waals surface area contributed by atoms with Crippen LogP contribution in [0.4, 0.5) is 34.1 Å². The third kappa shape index (κ3) is 10.0. The molecule has 0 saturated heterocycles. The Labute approximate surface area is 471 Å². The Hall–Kier alpha value is -7.94. The number of nitrogens with zero attached hydrogens (tertiary/aromatic N) is 2. The molecule has 0 aliphatic carbocycles. The second kappa shape index (κ2) is 20.1. The van der Waals surface area contributed by atoms with E-state index in [-0.39, 0.29) is 21.7 Å². The molecule has 2 heteroatoms. The van der Waals surface area contributed by atoms with Crippen molar-refractivity contribution in [1.82, 2.24) is 0 Å². The quantitative estimate of drug-likeness (QED) is 0.133. The zero-order valence-corrected chi connectivity index (χ0v) is 49.2. The van der Waals surface area contributed by atoms with Gasteiger partial charge in [-0.2, -0.15) is 0 Å². The van der Waals surface area contributed by atoms with Crippen LogP contribution in [0.15, 0.2) is 212 Å². The minimum absolute atomic E-state index is 0.0687. The molecule has 11 rings (SSSR count). The predicted molar refractivity (Wildman–Crippen MR) is 346 cm³/mol. The van der Waals surface area contributed by atoms with E-state index in [4.69, 9.17) is 0 Å². The fraction of sp³-hybridized carbons (Fsp3) is 0.247. The SMILES string of the molecule is CC(C)c1ccc(N(c2ccccc2)c2c3ccc(C(C)(C)C)cc3c(-c3ccc(-c4c5cc(C(C)(C)C)ccc5c(N(c5ccccc5)c5ccccc5)c5cc(C(C)(C)C)ccc45)cc3)c3ccc(C(C)(C)C)cc23)cc1. The van der Waals surface area contributed by atoms with Crippen molar-refractivity contribution in [3.63, 3.8) is 0 Å². The lowest BCUT2D eigenvalue weighted by atomic mass is 9.80. The van der Waals surface area contributed by atoms with E-state index < -0.39 is 0 Å². The predicted octanol–water partition coefficient (Wildman–Crippen LogP) is 22.9. The first-order chi connectivity index (χ1) is 37.6. The molecule has 79 heavy (non-hydrogen) atoms. The van der Waals surface area contributed by atoms with Gasteiger partial charge in [0.25, 0.3) is 0 Å². The summed E-state index contributed by atoms with van der Waals surface area (Å²) in [5, 5.41) is 9.87. The van der Waals surface area contributed by atoms with Gasteiger partial charge in [-0.05, 0) is 172 Å². The molecule has 0 N–H and O–H groups in total. The zero-order valence-electron chi connectivity index (χ0n) is 49.2. The number of fused-ring (bicyclic) bond motifs is 4. The summed E-state index contributed by atoms with van der Waals surface area (Å²) in [4.78, 5) is 5.00. The molecule has 0 aliphatic heterocycles. The molecule has 0 aromatic heterocycles. The van der Waals surface area contributed by atoms with Crippen LogP contribution in [0.5, 0.6) is 0 Å². The normalized spacial score (nSPS) is 12.5. The monoisotopic (exact) mass is 1030 g/mol. The maximum Gasteiger partial charge on any atom is 0.0618 e. The van der Waals surface area contributed by atoms with Crippen LogP contribution in [0.3, 0.4) is 0 Å². The van der Waals surface area contributed by atoms with Crippen molar-refractivity contribution in [1.29, 1.82) is 0 Å². The molecule has 0 heterocycles. The second-order valence-corrected chi connectivity index (χ2v) is 26.5. The van der Waals surface area contributed by atoms with Crippen molar-refractivity contribution in [2.75, 3.05) is 9.80 Å². The molecule has 0 atom stereocenters. The van der Waals surface area contributed by atoms with Crippen LogP contribution in [0.2, 0.25) is 0 Å². The lowest BCUT2D eigenvalue weighted by Gasteiger charge is -2.31. The van der Waals surface area contributed by atoms with Gasteiger partial charge in [-0.3, -0.25) is 0 Å². The van der Waals surface area contributed by atoms with Gasteiger partial charge < -0.3 is 9.80 Å². The number of benzene rings is 11. The smallest absolute Gasteiger partial charge is 0.0618 e. The Morgan fingerprint density at radius 2 is 0.544 bits per heavy atom. The number of hydrogen-bond acceptors (Lipinski definition) is 2. The minimum Gasteiger partial charge on any atom is -0.309 e. The maximum absolute atomic E-state index is 2.51. The summed E-state index contributed by atoms with van der Waals surface area (Å²) in [5.41, 5.74) is 18.1. The zero-order chi connectivity index (χ0) is 55.8. The van der Waals surface area contributed by atoms with E-state index >= 15 is 0 Å². The van der Waals surface area contributed by atoms with Crippen LogP contribution in [-0.4, -0.2) is 0 Å². The largest absolute Gasteiger partial charge is 0.309 e. The van der Waals surface area contributed by atoms with Gasteiger partial charge in [0.2, 0.25) is 0 Å². The molecule has 11 aromatic carbocycles. The van der Waals surface area contributed by atoms with Crippen LogP contribution in [0, 0.1) is 0 Å². The van der Waals surface area contributed by atoms with Gasteiger partial charge in [-0.15, -0.1) is 0 Å². The van der Waals surface area contributed by atoms with Crippen molar-refractivity contribution in [3.8, 4) is 22.3 Å². The number of rotatable bonds is 9. The molecular weight excluding hydrogens is 953 g/mol. The Bertz CT molecular complexity index is 3990. The van der Waals surface area contributed by atoms with Gasteiger partial charge in [0, 0.05) is 44.3 Å². The Morgan fingerprint density at radius 3 is 0.835 bits per heavy atom. The first-order valence-corrected chi connectivity index (χ1v) is 28.6. The Balaban J connectivity index is 1.22. The first-order valence-electron chi connectivity index (χ1n) is 28.6. The highest BCUT2D eigenvalue weighted by atomic mass is 15.2. The highest BCUT2D eigenvalue weighted by Gasteiger charge is 2.29. The van der Waals surface area contributed by atoms with Crippen molar-refractivity contribution in [2.24, 2.45) is 0 Å². The van der Waals surface area contributed by atoms with E-state index in [0.717, 1.165) is 22.7 Å². The molecule has 0 bridgehead atoms. The van der Waals surface area contributed by atoms with Crippen molar-refractivity contribution in [3.05, 3.63) is 240 Å². The molecule has 0 fully saturated rings. The van der Waals surface area contributed by atoms with Gasteiger partial charge in [-0.25, -0.2) is 0 Å². The van der Waals surface area contributed by atoms with Crippen LogP contribution < -0.4 is 9.80 Å². The van der Waals surface area contributed by atoms with E-state index in [9.17, 15) is 0 Å². The first kappa shape index (κ1) is 53.1. The average Bonchev–Trinajstić information content (AvgIpc) is 3.63. The van der Waals surface area contributed by atoms with E-state index in [2.05, 4.69) is 319 Å². The summed E-state index contributed by atoms with van der Waals surface area (Å²) in [6.07, 6.45) is 0. The van der Waals surface area contributed by atoms with Gasteiger partial charge in [0.1, 0.15) is 0 Å². The van der Waals surface area contributed by atoms with Crippen LogP contribution in [0.1, 0.15) is 131 Å². The Kier molecular flexibility index (Phi) is 13.5. The highest BCUT2D eigenvalue weighted by molar-refractivity contribution is 6.24. The van der Waals surface area contributed by atoms with Crippen LogP contribution >= 0.6 is 0 Å². The number of para-hydroxylation sites is 3. The molecule has 0 aliphatic rings. The summed E-state index contributed by atoms with van der Waals surface area (Å²) < 4.78 is 0. The van der Waals surface area contributed by atoms with Gasteiger partial charge in [0.15, 0.2) is 0 Å². The van der Waals surface area contributed by atoms with Crippen molar-refractivity contribution >= 4 is 77.2 Å². The van der Waals surface area contributed by atoms with Gasteiger partial charge >= 0.3 is 0 Å². The summed E-state index contributed by atoms with van der Waals surface area (Å²) in [6.45, 7) is 32.5. The third-order valence-corrected chi connectivity index (χ3v) is 16.4. The molecule has 11 aromatic rings. The van der Waals surface area contributed by atoms with Crippen molar-refractivity contribution < 1.29 is 0 Å². The number of hydrogen-bond donors (Lipinski definition) is 0. The highest BCUT2D eigenvalue weighted by Crippen LogP contribution is 2.53. The van der Waals surface area contributed by atoms with E-state index in [1.807, 2.05) is 0 Å². The summed E-state index contributed by atoms with van der Waals surface area (Å²) in [6, 6.07) is 80.8. The summed E-state index contributed by atoms with van der Waals surface area (Å²) in [7, 11) is 0. The maximum atomic E-state index is 2.51. The summed E-state index contributed by atoms with van der Waals surface area (Å²) in [5.74, 6) is 0.431. The molecule has 0 saturated carbocycles. The third-order valence-electron chi connectivity index (χ3n) is 16.4. The molecule has 2 nitrogen and oxygen atoms in total. The summed E-state index contributed by atoms with van der Waals surface area (Å²) >= 11 is 0. The lowest BCUT2D eigenvalue weighted by Crippen LogP contribution is -2.14. The van der Waals surface area contributed by atoms with E-state index in [1.165, 1.54) is 105 Å². The van der Waals surface area contributed by atoms with Gasteiger partial charge in [-0.1, -0.05) is 236 Å². The van der Waals surface area contributed by atoms with E-state index in [1.54, 1.807) is 0 Å². The van der Waals surface area contributed by atoms with Crippen LogP contribution in [0.25, 0.3) is 65.3 Å². The van der Waals surface area contributed by atoms with Gasteiger partial charge in [0.05, 0.1) is 11.4 Å². The average molecular weight is 1030 g/mol. The Morgan fingerprint density at radius 1 is 0.266 bits per heavy atom. The molecule has 0 spiro atoms.